The van der Waals surface area contributed by atoms with Crippen molar-refractivity contribution < 1.29 is 22.4 Å². The van der Waals surface area contributed by atoms with Gasteiger partial charge in [0.05, 0.1) is 29.3 Å². The van der Waals surface area contributed by atoms with Crippen LogP contribution in [-0.2, 0) is 14.9 Å². The van der Waals surface area contributed by atoms with E-state index in [1.807, 2.05) is 0 Å². The highest BCUT2D eigenvalue weighted by Gasteiger charge is 2.38. The molecule has 1 unspecified atom stereocenters. The number of benzene rings is 2. The molecular weight excluding hydrogens is 409 g/mol. The summed E-state index contributed by atoms with van der Waals surface area (Å²) in [5.74, 6) is -1.34. The SMILES string of the molecule is CON(C1CCN(c2ccc(Cl)cc2F)C1)S(=O)(=O)c1ccccc1C(N)=O. The molecule has 7 nitrogen and oxygen atoms in total. The van der Waals surface area contributed by atoms with E-state index < -0.39 is 27.8 Å². The van der Waals surface area contributed by atoms with Crippen LogP contribution in [0.15, 0.2) is 47.4 Å². The number of nitrogens with zero attached hydrogens (tertiary/aromatic N) is 2. The average Bonchev–Trinajstić information content (AvgIpc) is 3.11. The van der Waals surface area contributed by atoms with Gasteiger partial charge in [-0.1, -0.05) is 28.2 Å². The highest BCUT2D eigenvalue weighted by atomic mass is 35.5. The Labute approximate surface area is 167 Å². The van der Waals surface area contributed by atoms with Crippen LogP contribution in [0, 0.1) is 5.82 Å². The minimum Gasteiger partial charge on any atom is -0.367 e. The van der Waals surface area contributed by atoms with Crippen LogP contribution >= 0.6 is 11.6 Å². The van der Waals surface area contributed by atoms with Crippen LogP contribution in [0.2, 0.25) is 5.02 Å². The number of rotatable bonds is 6. The molecule has 150 valence electrons. The van der Waals surface area contributed by atoms with Crippen LogP contribution in [0.25, 0.3) is 0 Å². The molecule has 3 rings (SSSR count). The van der Waals surface area contributed by atoms with Crippen LogP contribution < -0.4 is 10.6 Å². The molecule has 10 heteroatoms. The topological polar surface area (TPSA) is 92.9 Å². The van der Waals surface area contributed by atoms with Crippen LogP contribution in [0.5, 0.6) is 0 Å². The summed E-state index contributed by atoms with van der Waals surface area (Å²) >= 11 is 5.79. The molecular formula is C18H19ClFN3O4S. The lowest BCUT2D eigenvalue weighted by Gasteiger charge is -2.27. The lowest BCUT2D eigenvalue weighted by Crippen LogP contribution is -2.42. The molecule has 1 aliphatic rings. The summed E-state index contributed by atoms with van der Waals surface area (Å²) in [7, 11) is -2.93. The number of halogens is 2. The van der Waals surface area contributed by atoms with E-state index in [2.05, 4.69) is 0 Å². The fourth-order valence-corrected chi connectivity index (χ4v) is 5.12. The van der Waals surface area contributed by atoms with Crippen molar-refractivity contribution in [2.24, 2.45) is 5.73 Å². The summed E-state index contributed by atoms with van der Waals surface area (Å²) in [4.78, 5) is 18.3. The number of carbonyl (C=O) groups is 1. The van der Waals surface area contributed by atoms with Gasteiger partial charge in [-0.05, 0) is 36.8 Å². The van der Waals surface area contributed by atoms with Gasteiger partial charge in [0, 0.05) is 18.1 Å². The zero-order chi connectivity index (χ0) is 20.5. The van der Waals surface area contributed by atoms with Gasteiger partial charge < -0.3 is 10.6 Å². The second-order valence-electron chi connectivity index (χ2n) is 6.29. The third-order valence-electron chi connectivity index (χ3n) is 4.56. The van der Waals surface area contributed by atoms with E-state index >= 15 is 0 Å². The van der Waals surface area contributed by atoms with Gasteiger partial charge in [-0.25, -0.2) is 12.8 Å². The molecule has 1 fully saturated rings. The van der Waals surface area contributed by atoms with Crippen molar-refractivity contribution in [2.45, 2.75) is 17.4 Å². The molecule has 0 saturated carbocycles. The summed E-state index contributed by atoms with van der Waals surface area (Å²) in [6, 6.07) is 9.41. The number of amides is 1. The normalized spacial score (nSPS) is 17.3. The molecule has 0 spiro atoms. The first-order valence-corrected chi connectivity index (χ1v) is 10.2. The van der Waals surface area contributed by atoms with Gasteiger partial charge in [-0.2, -0.15) is 0 Å². The summed E-state index contributed by atoms with van der Waals surface area (Å²) in [5.41, 5.74) is 5.52. The van der Waals surface area contributed by atoms with Gasteiger partial charge >= 0.3 is 0 Å². The second-order valence-corrected chi connectivity index (χ2v) is 8.47. The van der Waals surface area contributed by atoms with Gasteiger partial charge in [0.15, 0.2) is 0 Å². The molecule has 2 aromatic rings. The van der Waals surface area contributed by atoms with E-state index in [9.17, 15) is 17.6 Å². The molecule has 1 heterocycles. The van der Waals surface area contributed by atoms with E-state index in [4.69, 9.17) is 22.2 Å². The fraction of sp³-hybridized carbons (Fsp3) is 0.278. The molecule has 1 atom stereocenters. The number of sulfonamides is 1. The van der Waals surface area contributed by atoms with Crippen LogP contribution in [0.1, 0.15) is 16.8 Å². The average molecular weight is 428 g/mol. The van der Waals surface area contributed by atoms with Gasteiger partial charge in [-0.3, -0.25) is 9.63 Å². The minimum atomic E-state index is -4.16. The first kappa shape index (κ1) is 20.5. The first-order valence-electron chi connectivity index (χ1n) is 8.43. The molecule has 1 saturated heterocycles. The van der Waals surface area contributed by atoms with Crippen molar-refractivity contribution in [3.05, 3.63) is 58.9 Å². The molecule has 1 aliphatic heterocycles. The molecule has 28 heavy (non-hydrogen) atoms. The number of hydroxylamine groups is 1. The van der Waals surface area contributed by atoms with Crippen LogP contribution in [0.3, 0.4) is 0 Å². The Hall–Kier alpha value is -2.20. The zero-order valence-corrected chi connectivity index (χ0v) is 16.6. The Morgan fingerprint density at radius 1 is 1.32 bits per heavy atom. The number of primary amides is 1. The molecule has 0 bridgehead atoms. The van der Waals surface area contributed by atoms with Gasteiger partial charge in [0.25, 0.3) is 10.0 Å². The maximum absolute atomic E-state index is 14.2. The van der Waals surface area contributed by atoms with E-state index in [1.54, 1.807) is 17.0 Å². The lowest BCUT2D eigenvalue weighted by atomic mass is 10.2. The van der Waals surface area contributed by atoms with Crippen LogP contribution in [0.4, 0.5) is 10.1 Å². The first-order chi connectivity index (χ1) is 13.3. The standard InChI is InChI=1S/C18H19ClFN3O4S/c1-27-23(28(25,26)17-5-3-2-4-14(17)18(21)24)13-8-9-22(11-13)16-7-6-12(19)10-15(16)20/h2-7,10,13H,8-9,11H2,1H3,(H2,21,24). The summed E-state index contributed by atoms with van der Waals surface area (Å²) in [6.45, 7) is 0.639. The van der Waals surface area contributed by atoms with Gasteiger partial charge in [0.2, 0.25) is 5.91 Å². The predicted molar refractivity (Wildman–Crippen MR) is 103 cm³/mol. The summed E-state index contributed by atoms with van der Waals surface area (Å²) < 4.78 is 41.3. The highest BCUT2D eigenvalue weighted by molar-refractivity contribution is 7.89. The third kappa shape index (κ3) is 3.83. The van der Waals surface area contributed by atoms with Gasteiger partial charge in [0.1, 0.15) is 5.82 Å². The van der Waals surface area contributed by atoms with Crippen molar-refractivity contribution in [2.75, 3.05) is 25.1 Å². The van der Waals surface area contributed by atoms with Crippen LogP contribution in [-0.4, -0.2) is 45.0 Å². The predicted octanol–water partition coefficient (Wildman–Crippen LogP) is 2.41. The maximum Gasteiger partial charge on any atom is 0.266 e. The number of carbonyl (C=O) groups excluding carboxylic acids is 1. The largest absolute Gasteiger partial charge is 0.367 e. The van der Waals surface area contributed by atoms with E-state index in [0.29, 0.717) is 18.7 Å². The van der Waals surface area contributed by atoms with Crippen molar-refractivity contribution >= 4 is 33.2 Å². The van der Waals surface area contributed by atoms with E-state index in [0.717, 1.165) is 4.47 Å². The van der Waals surface area contributed by atoms with Crippen molar-refractivity contribution in [1.29, 1.82) is 0 Å². The molecule has 1 amide bonds. The Morgan fingerprint density at radius 2 is 2.04 bits per heavy atom. The zero-order valence-electron chi connectivity index (χ0n) is 15.0. The quantitative estimate of drug-likeness (QED) is 0.714. The minimum absolute atomic E-state index is 0.122. The molecule has 0 radical (unpaired) electrons. The highest BCUT2D eigenvalue weighted by Crippen LogP contribution is 2.30. The fourth-order valence-electron chi connectivity index (χ4n) is 3.31. The molecule has 2 aromatic carbocycles. The number of nitrogens with two attached hydrogens (primary N) is 1. The smallest absolute Gasteiger partial charge is 0.266 e. The van der Waals surface area contributed by atoms with Crippen molar-refractivity contribution in [3.8, 4) is 0 Å². The van der Waals surface area contributed by atoms with Crippen molar-refractivity contribution in [1.82, 2.24) is 4.47 Å². The molecule has 0 aliphatic carbocycles. The van der Waals surface area contributed by atoms with E-state index in [-0.39, 0.29) is 22.0 Å². The number of hydrogen-bond acceptors (Lipinski definition) is 5. The van der Waals surface area contributed by atoms with Gasteiger partial charge in [-0.15, -0.1) is 0 Å². The summed E-state index contributed by atoms with van der Waals surface area (Å²) in [5, 5.41) is 0.279. The molecule has 0 aromatic heterocycles. The monoisotopic (exact) mass is 427 g/mol. The second kappa shape index (κ2) is 8.04. The third-order valence-corrected chi connectivity index (χ3v) is 6.63. The maximum atomic E-state index is 14.2. The van der Waals surface area contributed by atoms with E-state index in [1.165, 1.54) is 37.4 Å². The van der Waals surface area contributed by atoms with Crippen molar-refractivity contribution in [3.63, 3.8) is 0 Å². The Bertz CT molecular complexity index is 1000. The number of hydrogen-bond donors (Lipinski definition) is 1. The number of anilines is 1. The Balaban J connectivity index is 1.89. The molecule has 2 N–H and O–H groups in total. The Kier molecular flexibility index (Phi) is 5.90. The lowest BCUT2D eigenvalue weighted by molar-refractivity contribution is -0.0748. The summed E-state index contributed by atoms with van der Waals surface area (Å²) in [6.07, 6.45) is 0.411. The Morgan fingerprint density at radius 3 is 2.68 bits per heavy atom.